The molecule has 1 rings (SSSR count). The minimum absolute atomic E-state index is 0.00560. The van der Waals surface area contributed by atoms with Crippen LogP contribution in [0.2, 0.25) is 0 Å². The van der Waals surface area contributed by atoms with Crippen LogP contribution < -0.4 is 5.32 Å². The first-order chi connectivity index (χ1) is 8.69. The van der Waals surface area contributed by atoms with Crippen LogP contribution in [-0.2, 0) is 11.2 Å². The Morgan fingerprint density at radius 2 is 2.11 bits per heavy atom. The molecular formula is C14H23N3O. The minimum atomic E-state index is 0.00560. The van der Waals surface area contributed by atoms with Crippen molar-refractivity contribution in [2.45, 2.75) is 33.6 Å². The van der Waals surface area contributed by atoms with Gasteiger partial charge in [-0.05, 0) is 38.1 Å². The van der Waals surface area contributed by atoms with Gasteiger partial charge in [0.05, 0.1) is 6.54 Å². The zero-order chi connectivity index (χ0) is 13.4. The maximum absolute atomic E-state index is 11.9. The second-order valence-electron chi connectivity index (χ2n) is 4.28. The highest BCUT2D eigenvalue weighted by Gasteiger charge is 2.08. The van der Waals surface area contributed by atoms with Crippen molar-refractivity contribution in [2.75, 3.05) is 25.0 Å². The van der Waals surface area contributed by atoms with E-state index in [1.807, 2.05) is 25.1 Å². The maximum Gasteiger partial charge on any atom is 0.239 e. The van der Waals surface area contributed by atoms with Crippen LogP contribution >= 0.6 is 0 Å². The van der Waals surface area contributed by atoms with Crippen molar-refractivity contribution >= 4 is 11.7 Å². The number of hydrogen-bond acceptors (Lipinski definition) is 3. The van der Waals surface area contributed by atoms with E-state index in [1.54, 1.807) is 0 Å². The molecule has 0 unspecified atom stereocenters. The fourth-order valence-electron chi connectivity index (χ4n) is 1.80. The van der Waals surface area contributed by atoms with E-state index >= 15 is 0 Å². The zero-order valence-electron chi connectivity index (χ0n) is 11.6. The summed E-state index contributed by atoms with van der Waals surface area (Å²) < 4.78 is 0. The van der Waals surface area contributed by atoms with Gasteiger partial charge in [-0.25, -0.2) is 4.98 Å². The number of carbonyl (C=O) groups is 1. The van der Waals surface area contributed by atoms with Gasteiger partial charge in [-0.2, -0.15) is 0 Å². The van der Waals surface area contributed by atoms with E-state index in [0.29, 0.717) is 12.4 Å². The van der Waals surface area contributed by atoms with E-state index in [9.17, 15) is 4.79 Å². The first-order valence-corrected chi connectivity index (χ1v) is 6.67. The molecule has 0 atom stereocenters. The molecule has 0 aromatic carbocycles. The average molecular weight is 249 g/mol. The Hall–Kier alpha value is -1.42. The summed E-state index contributed by atoms with van der Waals surface area (Å²) in [6, 6.07) is 5.71. The summed E-state index contributed by atoms with van der Waals surface area (Å²) in [7, 11) is 0. The summed E-state index contributed by atoms with van der Waals surface area (Å²) >= 11 is 0. The Morgan fingerprint density at radius 1 is 1.33 bits per heavy atom. The van der Waals surface area contributed by atoms with Crippen molar-refractivity contribution in [3.8, 4) is 0 Å². The average Bonchev–Trinajstić information content (AvgIpc) is 2.38. The molecule has 0 aliphatic heterocycles. The summed E-state index contributed by atoms with van der Waals surface area (Å²) in [4.78, 5) is 18.3. The molecule has 1 aromatic rings. The molecule has 1 aromatic heterocycles. The third-order valence-electron chi connectivity index (χ3n) is 2.79. The van der Waals surface area contributed by atoms with Crippen LogP contribution in [0.15, 0.2) is 18.2 Å². The number of aryl methyl sites for hydroxylation is 1. The first kappa shape index (κ1) is 14.6. The quantitative estimate of drug-likeness (QED) is 0.806. The lowest BCUT2D eigenvalue weighted by molar-refractivity contribution is -0.117. The van der Waals surface area contributed by atoms with Crippen molar-refractivity contribution in [1.29, 1.82) is 0 Å². The Kier molecular flexibility index (Phi) is 6.36. The van der Waals surface area contributed by atoms with Crippen LogP contribution in [0.5, 0.6) is 0 Å². The Morgan fingerprint density at radius 3 is 2.72 bits per heavy atom. The molecule has 0 saturated heterocycles. The third kappa shape index (κ3) is 4.84. The molecule has 0 saturated carbocycles. The molecule has 0 radical (unpaired) electrons. The number of carbonyl (C=O) groups excluding carboxylic acids is 1. The lowest BCUT2D eigenvalue weighted by Crippen LogP contribution is -2.33. The molecule has 1 amide bonds. The summed E-state index contributed by atoms with van der Waals surface area (Å²) in [5, 5.41) is 2.85. The highest BCUT2D eigenvalue weighted by Crippen LogP contribution is 2.05. The lowest BCUT2D eigenvalue weighted by atomic mass is 10.3. The lowest BCUT2D eigenvalue weighted by Gasteiger charge is -2.18. The van der Waals surface area contributed by atoms with E-state index in [0.717, 1.165) is 31.6 Å². The fraction of sp³-hybridized carbons (Fsp3) is 0.571. The highest BCUT2D eigenvalue weighted by molar-refractivity contribution is 5.91. The van der Waals surface area contributed by atoms with Crippen molar-refractivity contribution in [1.82, 2.24) is 9.88 Å². The molecule has 0 fully saturated rings. The number of nitrogens with zero attached hydrogens (tertiary/aromatic N) is 2. The molecule has 100 valence electrons. The number of pyridine rings is 1. The van der Waals surface area contributed by atoms with Gasteiger partial charge in [0, 0.05) is 5.69 Å². The van der Waals surface area contributed by atoms with Gasteiger partial charge in [0.1, 0.15) is 5.82 Å². The van der Waals surface area contributed by atoms with Gasteiger partial charge in [0.2, 0.25) is 5.91 Å². The Balaban J connectivity index is 2.52. The second kappa shape index (κ2) is 7.82. The summed E-state index contributed by atoms with van der Waals surface area (Å²) in [6.07, 6.45) is 1.94. The van der Waals surface area contributed by atoms with Crippen LogP contribution in [0.1, 0.15) is 32.9 Å². The van der Waals surface area contributed by atoms with Gasteiger partial charge in [0.25, 0.3) is 0 Å². The largest absolute Gasteiger partial charge is 0.310 e. The number of nitrogens with one attached hydrogen (secondary N) is 1. The van der Waals surface area contributed by atoms with Crippen LogP contribution in [0.25, 0.3) is 0 Å². The van der Waals surface area contributed by atoms with E-state index < -0.39 is 0 Å². The number of amides is 1. The number of anilines is 1. The molecule has 0 bridgehead atoms. The van der Waals surface area contributed by atoms with E-state index in [4.69, 9.17) is 0 Å². The Bertz CT molecular complexity index is 379. The van der Waals surface area contributed by atoms with Crippen molar-refractivity contribution in [3.05, 3.63) is 23.9 Å². The summed E-state index contributed by atoms with van der Waals surface area (Å²) in [6.45, 7) is 8.51. The molecule has 0 aliphatic carbocycles. The fourth-order valence-corrected chi connectivity index (χ4v) is 1.80. The molecule has 1 heterocycles. The normalized spacial score (nSPS) is 10.7. The van der Waals surface area contributed by atoms with E-state index in [-0.39, 0.29) is 5.91 Å². The van der Waals surface area contributed by atoms with E-state index in [2.05, 4.69) is 29.0 Å². The van der Waals surface area contributed by atoms with Gasteiger partial charge >= 0.3 is 0 Å². The van der Waals surface area contributed by atoms with Gasteiger partial charge in [-0.3, -0.25) is 9.69 Å². The van der Waals surface area contributed by atoms with Gasteiger partial charge in [-0.15, -0.1) is 0 Å². The molecule has 0 spiro atoms. The molecule has 18 heavy (non-hydrogen) atoms. The van der Waals surface area contributed by atoms with Gasteiger partial charge in [-0.1, -0.05) is 26.8 Å². The zero-order valence-corrected chi connectivity index (χ0v) is 11.6. The highest BCUT2D eigenvalue weighted by atomic mass is 16.2. The maximum atomic E-state index is 11.9. The SMILES string of the molecule is CCCN(CC)CC(=O)Nc1cccc(CC)n1. The number of aromatic nitrogens is 1. The van der Waals surface area contributed by atoms with Gasteiger partial charge < -0.3 is 5.32 Å². The Labute approximate surface area is 109 Å². The third-order valence-corrected chi connectivity index (χ3v) is 2.79. The van der Waals surface area contributed by atoms with Crippen molar-refractivity contribution in [3.63, 3.8) is 0 Å². The predicted molar refractivity (Wildman–Crippen MR) is 74.6 cm³/mol. The topological polar surface area (TPSA) is 45.2 Å². The summed E-state index contributed by atoms with van der Waals surface area (Å²) in [5.41, 5.74) is 0.994. The standard InChI is InChI=1S/C14H23N3O/c1-4-10-17(6-3)11-14(18)16-13-9-7-8-12(5-2)15-13/h7-9H,4-6,10-11H2,1-3H3,(H,15,16,18). The molecule has 4 nitrogen and oxygen atoms in total. The number of rotatable bonds is 7. The number of likely N-dealkylation sites (N-methyl/N-ethyl adjacent to an activating group) is 1. The molecular weight excluding hydrogens is 226 g/mol. The molecule has 1 N–H and O–H groups in total. The van der Waals surface area contributed by atoms with Crippen LogP contribution in [0, 0.1) is 0 Å². The van der Waals surface area contributed by atoms with Crippen LogP contribution in [0.3, 0.4) is 0 Å². The molecule has 0 aliphatic rings. The number of hydrogen-bond donors (Lipinski definition) is 1. The van der Waals surface area contributed by atoms with Crippen molar-refractivity contribution < 1.29 is 4.79 Å². The second-order valence-corrected chi connectivity index (χ2v) is 4.28. The monoisotopic (exact) mass is 249 g/mol. The first-order valence-electron chi connectivity index (χ1n) is 6.67. The van der Waals surface area contributed by atoms with Crippen LogP contribution in [-0.4, -0.2) is 35.4 Å². The predicted octanol–water partition coefficient (Wildman–Crippen LogP) is 2.31. The molecule has 4 heteroatoms. The van der Waals surface area contributed by atoms with Crippen LogP contribution in [0.4, 0.5) is 5.82 Å². The van der Waals surface area contributed by atoms with Gasteiger partial charge in [0.15, 0.2) is 0 Å². The van der Waals surface area contributed by atoms with E-state index in [1.165, 1.54) is 0 Å². The van der Waals surface area contributed by atoms with Crippen molar-refractivity contribution in [2.24, 2.45) is 0 Å². The minimum Gasteiger partial charge on any atom is -0.310 e. The smallest absolute Gasteiger partial charge is 0.239 e. The summed E-state index contributed by atoms with van der Waals surface area (Å²) in [5.74, 6) is 0.651.